The zero-order valence-electron chi connectivity index (χ0n) is 19.3. The van der Waals surface area contributed by atoms with E-state index in [4.69, 9.17) is 4.74 Å². The van der Waals surface area contributed by atoms with Gasteiger partial charge in [0, 0.05) is 32.2 Å². The number of nitrogens with zero attached hydrogens (tertiary/aromatic N) is 4. The molecule has 174 valence electrons. The highest BCUT2D eigenvalue weighted by Crippen LogP contribution is 2.50. The van der Waals surface area contributed by atoms with Gasteiger partial charge in [0.15, 0.2) is 0 Å². The van der Waals surface area contributed by atoms with E-state index in [1.807, 2.05) is 4.90 Å². The molecule has 1 amide bonds. The van der Waals surface area contributed by atoms with Crippen LogP contribution in [0.4, 0.5) is 0 Å². The summed E-state index contributed by atoms with van der Waals surface area (Å²) in [6.45, 7) is 2.60. The number of likely N-dealkylation sites (tertiary alicyclic amines) is 1. The second-order valence-corrected chi connectivity index (χ2v) is 9.99. The molecule has 2 heterocycles. The van der Waals surface area contributed by atoms with Gasteiger partial charge in [-0.3, -0.25) is 9.69 Å². The van der Waals surface area contributed by atoms with E-state index < -0.39 is 0 Å². The fraction of sp³-hybridized carbons (Fsp3) is 0.720. The van der Waals surface area contributed by atoms with Crippen LogP contribution in [0, 0.1) is 5.92 Å². The number of aromatic nitrogens is 2. The van der Waals surface area contributed by atoms with Crippen LogP contribution >= 0.6 is 0 Å². The Morgan fingerprint density at radius 3 is 2.72 bits per heavy atom. The van der Waals surface area contributed by atoms with E-state index in [2.05, 4.69) is 21.9 Å². The molecule has 1 aromatic rings. The number of fused-ring (bicyclic) bond motifs is 2. The molecule has 4 aliphatic rings. The minimum atomic E-state index is 0.162. The summed E-state index contributed by atoms with van der Waals surface area (Å²) < 4.78 is 6.48. The molecule has 3 aliphatic carbocycles. The molecule has 2 fully saturated rings. The van der Waals surface area contributed by atoms with Crippen LogP contribution in [-0.2, 0) is 11.2 Å². The van der Waals surface area contributed by atoms with Crippen molar-refractivity contribution >= 4 is 11.5 Å². The van der Waals surface area contributed by atoms with Gasteiger partial charge in [-0.15, -0.1) is 0 Å². The van der Waals surface area contributed by atoms with Gasteiger partial charge >= 0.3 is 0 Å². The molecule has 1 saturated carbocycles. The minimum absolute atomic E-state index is 0.162. The number of aliphatic hydroxyl groups is 1. The summed E-state index contributed by atoms with van der Waals surface area (Å²) in [6.07, 6.45) is 12.1. The second-order valence-electron chi connectivity index (χ2n) is 9.99. The molecule has 0 spiro atoms. The molecule has 1 saturated heterocycles. The number of amides is 1. The van der Waals surface area contributed by atoms with Crippen LogP contribution < -0.4 is 4.74 Å². The summed E-state index contributed by atoms with van der Waals surface area (Å²) in [5.41, 5.74) is 5.04. The number of hydrogen-bond donors (Lipinski definition) is 1. The Hall–Kier alpha value is -1.99. The molecule has 0 unspecified atom stereocenters. The predicted octanol–water partition coefficient (Wildman–Crippen LogP) is 2.82. The van der Waals surface area contributed by atoms with Crippen molar-refractivity contribution in [3.63, 3.8) is 0 Å². The summed E-state index contributed by atoms with van der Waals surface area (Å²) >= 11 is 0. The van der Waals surface area contributed by atoms with Crippen LogP contribution in [0.1, 0.15) is 69.0 Å². The smallest absolute Gasteiger partial charge is 0.236 e. The molecule has 1 aliphatic heterocycles. The highest BCUT2D eigenvalue weighted by molar-refractivity contribution is 5.81. The van der Waals surface area contributed by atoms with Crippen LogP contribution in [0.2, 0.25) is 0 Å². The first kappa shape index (κ1) is 21.8. The molecule has 0 bridgehead atoms. The lowest BCUT2D eigenvalue weighted by molar-refractivity contribution is -0.131. The van der Waals surface area contributed by atoms with Crippen LogP contribution in [-0.4, -0.2) is 76.2 Å². The lowest BCUT2D eigenvalue weighted by Crippen LogP contribution is -2.44. The lowest BCUT2D eigenvalue weighted by Gasteiger charge is -2.35. The standard InChI is InChI=1S/C25H36N4O3/c1-28(15-22(31)29-11-2-3-12-29)19-6-8-20(9-7-19)32-25-24-21(26-16-27-25)14-18-5-4-17(10-13-30)23(18)24/h16-17,19-20,30H,2-15H2,1H3/t17-,19?,20?/m1/s1. The van der Waals surface area contributed by atoms with Crippen molar-refractivity contribution in [2.75, 3.05) is 33.3 Å². The summed E-state index contributed by atoms with van der Waals surface area (Å²) in [6, 6.07) is 0.440. The number of likely N-dealkylation sites (N-methyl/N-ethyl adjacent to an activating group) is 1. The Balaban J connectivity index is 1.19. The van der Waals surface area contributed by atoms with E-state index in [9.17, 15) is 9.90 Å². The number of allylic oxidation sites excluding steroid dienone is 2. The third kappa shape index (κ3) is 4.29. The van der Waals surface area contributed by atoms with Crippen molar-refractivity contribution in [2.45, 2.75) is 76.4 Å². The quantitative estimate of drug-likeness (QED) is 0.702. The van der Waals surface area contributed by atoms with Crippen molar-refractivity contribution in [3.05, 3.63) is 23.2 Å². The molecule has 7 heteroatoms. The average Bonchev–Trinajstić information content (AvgIpc) is 3.53. The fourth-order valence-electron chi connectivity index (χ4n) is 6.20. The Kier molecular flexibility index (Phi) is 6.47. The van der Waals surface area contributed by atoms with Gasteiger partial charge in [-0.2, -0.15) is 0 Å². The number of ether oxygens (including phenoxy) is 1. The Bertz CT molecular complexity index is 872. The second kappa shape index (κ2) is 9.48. The van der Waals surface area contributed by atoms with Crippen molar-refractivity contribution in [2.24, 2.45) is 5.92 Å². The summed E-state index contributed by atoms with van der Waals surface area (Å²) in [5, 5.41) is 9.50. The van der Waals surface area contributed by atoms with Crippen LogP contribution in [0.15, 0.2) is 11.9 Å². The van der Waals surface area contributed by atoms with Crippen LogP contribution in [0.5, 0.6) is 5.88 Å². The van der Waals surface area contributed by atoms with Crippen LogP contribution in [0.3, 0.4) is 0 Å². The van der Waals surface area contributed by atoms with Crippen molar-refractivity contribution in [3.8, 4) is 5.88 Å². The largest absolute Gasteiger partial charge is 0.474 e. The topological polar surface area (TPSA) is 78.8 Å². The third-order valence-corrected chi connectivity index (χ3v) is 7.99. The van der Waals surface area contributed by atoms with E-state index in [1.165, 1.54) is 11.1 Å². The van der Waals surface area contributed by atoms with Gasteiger partial charge in [-0.05, 0) is 76.3 Å². The first-order valence-electron chi connectivity index (χ1n) is 12.5. The number of aliphatic hydroxyl groups excluding tert-OH is 1. The molecule has 32 heavy (non-hydrogen) atoms. The van der Waals surface area contributed by atoms with E-state index in [1.54, 1.807) is 6.33 Å². The monoisotopic (exact) mass is 440 g/mol. The zero-order valence-corrected chi connectivity index (χ0v) is 19.3. The Labute approximate surface area is 190 Å². The maximum Gasteiger partial charge on any atom is 0.236 e. The van der Waals surface area contributed by atoms with E-state index in [0.717, 1.165) is 94.4 Å². The minimum Gasteiger partial charge on any atom is -0.474 e. The van der Waals surface area contributed by atoms with Crippen molar-refractivity contribution < 1.29 is 14.6 Å². The summed E-state index contributed by atoms with van der Waals surface area (Å²) in [5.74, 6) is 1.42. The number of rotatable bonds is 7. The SMILES string of the molecule is CN(CC(=O)N1CCCC1)C1CCC(Oc2ncnc3c2C2=C(CC[C@@H]2CCO)C3)CC1. The normalized spacial score (nSPS) is 27.2. The van der Waals surface area contributed by atoms with Gasteiger partial charge in [0.25, 0.3) is 0 Å². The molecular formula is C25H36N4O3. The van der Waals surface area contributed by atoms with Crippen molar-refractivity contribution in [1.29, 1.82) is 0 Å². The van der Waals surface area contributed by atoms with Gasteiger partial charge in [0.05, 0.1) is 17.8 Å². The van der Waals surface area contributed by atoms with Gasteiger partial charge in [-0.1, -0.05) is 5.57 Å². The summed E-state index contributed by atoms with van der Waals surface area (Å²) in [4.78, 5) is 25.9. The highest BCUT2D eigenvalue weighted by Gasteiger charge is 2.37. The molecule has 1 atom stereocenters. The lowest BCUT2D eigenvalue weighted by atomic mass is 9.91. The number of carbonyl (C=O) groups is 1. The fourth-order valence-corrected chi connectivity index (χ4v) is 6.20. The molecule has 0 radical (unpaired) electrons. The van der Waals surface area contributed by atoms with E-state index in [-0.39, 0.29) is 18.6 Å². The Morgan fingerprint density at radius 2 is 1.97 bits per heavy atom. The van der Waals surface area contributed by atoms with E-state index >= 15 is 0 Å². The highest BCUT2D eigenvalue weighted by atomic mass is 16.5. The number of hydrogen-bond acceptors (Lipinski definition) is 6. The molecule has 1 N–H and O–H groups in total. The molecule has 0 aromatic carbocycles. The van der Waals surface area contributed by atoms with Crippen LogP contribution in [0.25, 0.3) is 5.57 Å². The maximum absolute atomic E-state index is 12.5. The predicted molar refractivity (Wildman–Crippen MR) is 122 cm³/mol. The zero-order chi connectivity index (χ0) is 22.1. The first-order valence-corrected chi connectivity index (χ1v) is 12.5. The number of carbonyl (C=O) groups excluding carboxylic acids is 1. The molecule has 5 rings (SSSR count). The summed E-state index contributed by atoms with van der Waals surface area (Å²) in [7, 11) is 2.09. The Morgan fingerprint density at radius 1 is 1.19 bits per heavy atom. The molecule has 7 nitrogen and oxygen atoms in total. The maximum atomic E-state index is 12.5. The third-order valence-electron chi connectivity index (χ3n) is 7.99. The molecule has 1 aromatic heterocycles. The van der Waals surface area contributed by atoms with Gasteiger partial charge in [0.1, 0.15) is 12.4 Å². The van der Waals surface area contributed by atoms with E-state index in [0.29, 0.717) is 18.5 Å². The first-order chi connectivity index (χ1) is 15.6. The van der Waals surface area contributed by atoms with Gasteiger partial charge in [-0.25, -0.2) is 9.97 Å². The molecular weight excluding hydrogens is 404 g/mol. The average molecular weight is 441 g/mol. The van der Waals surface area contributed by atoms with Gasteiger partial charge < -0.3 is 14.7 Å². The van der Waals surface area contributed by atoms with Gasteiger partial charge in [0.2, 0.25) is 11.8 Å². The van der Waals surface area contributed by atoms with Crippen molar-refractivity contribution in [1.82, 2.24) is 19.8 Å².